The fourth-order valence-electron chi connectivity index (χ4n) is 3.61. The van der Waals surface area contributed by atoms with Gasteiger partial charge in [0, 0.05) is 38.6 Å². The molecular weight excluding hydrogens is 357 g/mol. The maximum atomic E-state index is 12.1. The fourth-order valence-corrected chi connectivity index (χ4v) is 3.61. The van der Waals surface area contributed by atoms with Crippen LogP contribution in [-0.4, -0.2) is 5.78 Å². The predicted octanol–water partition coefficient (Wildman–Crippen LogP) is 5.39. The Balaban J connectivity index is 0.00000264. The summed E-state index contributed by atoms with van der Waals surface area (Å²) in [5, 5.41) is 0. The number of hydrogen-bond donors (Lipinski definition) is 0. The van der Waals surface area contributed by atoms with Crippen LogP contribution in [0.2, 0.25) is 0 Å². The van der Waals surface area contributed by atoms with Gasteiger partial charge in [0.15, 0.2) is 5.78 Å². The summed E-state index contributed by atoms with van der Waals surface area (Å²) in [5.41, 5.74) is 4.00. The van der Waals surface area contributed by atoms with E-state index in [9.17, 15) is 4.79 Å². The summed E-state index contributed by atoms with van der Waals surface area (Å²) in [6, 6.07) is 6.71. The van der Waals surface area contributed by atoms with E-state index < -0.39 is 0 Å². The van der Waals surface area contributed by atoms with Crippen molar-refractivity contribution in [3.8, 4) is 0 Å². The second-order valence-electron chi connectivity index (χ2n) is 6.77. The van der Waals surface area contributed by atoms with Gasteiger partial charge in [-0.2, -0.15) is 6.42 Å². The molecule has 0 heterocycles. The summed E-state index contributed by atoms with van der Waals surface area (Å²) in [5.74, 6) is 1.01. The molecule has 0 N–H and O–H groups in total. The summed E-state index contributed by atoms with van der Waals surface area (Å²) in [7, 11) is 0. The number of carbonyl (C=O) groups excluding carboxylic acids is 1. The third-order valence-corrected chi connectivity index (χ3v) is 4.70. The Bertz CT molecular complexity index is 512. The molecule has 2 heteroatoms. The van der Waals surface area contributed by atoms with Crippen LogP contribution in [-0.2, 0) is 43.9 Å². The van der Waals surface area contributed by atoms with Crippen LogP contribution in [0.1, 0.15) is 55.2 Å². The molecule has 0 amide bonds. The third-order valence-electron chi connectivity index (χ3n) is 4.70. The molecule has 0 aromatic heterocycles. The average molecular weight is 386 g/mol. The van der Waals surface area contributed by atoms with Crippen LogP contribution in [0, 0.1) is 32.6 Å². The van der Waals surface area contributed by atoms with E-state index in [4.69, 9.17) is 0 Å². The SMILES string of the molecule is [CH2-]CCCCC[C@H]1C=CC(=O)[C@@H]1CCc1cc(C)cc(C)c1.[Y]. The minimum Gasteiger partial charge on any atom is -0.343 e. The zero-order valence-corrected chi connectivity index (χ0v) is 17.5. The van der Waals surface area contributed by atoms with Crippen molar-refractivity contribution in [2.24, 2.45) is 11.8 Å². The molecule has 0 fully saturated rings. The molecule has 2 rings (SSSR count). The zero-order chi connectivity index (χ0) is 15.9. The van der Waals surface area contributed by atoms with Gasteiger partial charge in [0.25, 0.3) is 0 Å². The van der Waals surface area contributed by atoms with Crippen LogP contribution in [0.25, 0.3) is 0 Å². The Morgan fingerprint density at radius 2 is 1.70 bits per heavy atom. The summed E-state index contributed by atoms with van der Waals surface area (Å²) in [6.07, 6.45) is 11.8. The molecule has 1 aliphatic carbocycles. The summed E-state index contributed by atoms with van der Waals surface area (Å²) in [6.45, 7) is 8.18. The van der Waals surface area contributed by atoms with E-state index in [1.165, 1.54) is 36.0 Å². The number of ketones is 1. The fraction of sp³-hybridized carbons (Fsp3) is 0.524. The maximum Gasteiger partial charge on any atom is 0.159 e. The monoisotopic (exact) mass is 386 g/mol. The molecule has 123 valence electrons. The number of rotatable bonds is 8. The second-order valence-corrected chi connectivity index (χ2v) is 6.77. The van der Waals surface area contributed by atoms with Crippen LogP contribution in [0.15, 0.2) is 30.4 Å². The molecule has 1 aromatic carbocycles. The first-order valence-corrected chi connectivity index (χ1v) is 8.68. The normalized spacial score (nSPS) is 19.9. The minimum absolute atomic E-state index is 0. The van der Waals surface area contributed by atoms with Gasteiger partial charge in [-0.1, -0.05) is 54.7 Å². The van der Waals surface area contributed by atoms with Crippen molar-refractivity contribution in [3.05, 3.63) is 54.0 Å². The first-order chi connectivity index (χ1) is 10.6. The van der Waals surface area contributed by atoms with Crippen LogP contribution in [0.3, 0.4) is 0 Å². The Kier molecular flexibility index (Phi) is 9.55. The van der Waals surface area contributed by atoms with E-state index in [0.717, 1.165) is 25.7 Å². The molecule has 1 nitrogen and oxygen atoms in total. The maximum absolute atomic E-state index is 12.1. The minimum atomic E-state index is 0. The van der Waals surface area contributed by atoms with Crippen molar-refractivity contribution in [2.75, 3.05) is 0 Å². The molecule has 2 atom stereocenters. The molecule has 0 spiro atoms. The van der Waals surface area contributed by atoms with Gasteiger partial charge in [0.2, 0.25) is 0 Å². The van der Waals surface area contributed by atoms with E-state index in [1.54, 1.807) is 0 Å². The molecule has 0 saturated carbocycles. The molecule has 23 heavy (non-hydrogen) atoms. The van der Waals surface area contributed by atoms with E-state index in [2.05, 4.69) is 45.0 Å². The molecular formula is C21H29OY-. The van der Waals surface area contributed by atoms with E-state index in [0.29, 0.717) is 11.7 Å². The van der Waals surface area contributed by atoms with E-state index >= 15 is 0 Å². The number of allylic oxidation sites excluding steroid dienone is 2. The van der Waals surface area contributed by atoms with E-state index in [-0.39, 0.29) is 38.6 Å². The Labute approximate surface area is 167 Å². The van der Waals surface area contributed by atoms with Gasteiger partial charge in [0.05, 0.1) is 0 Å². The molecule has 0 bridgehead atoms. The van der Waals surface area contributed by atoms with Crippen molar-refractivity contribution in [3.63, 3.8) is 0 Å². The van der Waals surface area contributed by atoms with Gasteiger partial charge < -0.3 is 6.92 Å². The molecule has 0 unspecified atom stereocenters. The molecule has 0 saturated heterocycles. The number of carbonyl (C=O) groups is 1. The van der Waals surface area contributed by atoms with Crippen molar-refractivity contribution in [1.82, 2.24) is 0 Å². The van der Waals surface area contributed by atoms with Gasteiger partial charge in [-0.3, -0.25) is 4.79 Å². The molecule has 1 aliphatic rings. The standard InChI is InChI=1S/C21H29O.Y/c1-4-5-6-7-8-19-10-12-21(22)20(19)11-9-18-14-16(2)13-17(3)15-18;/h10,12-15,19-20H,1,4-9,11H2,2-3H3;/q-1;/t19-,20+;/m0./s1. The van der Waals surface area contributed by atoms with Crippen LogP contribution in [0.5, 0.6) is 0 Å². The number of benzene rings is 1. The smallest absolute Gasteiger partial charge is 0.159 e. The number of aryl methyl sites for hydroxylation is 3. The van der Waals surface area contributed by atoms with Gasteiger partial charge in [-0.25, -0.2) is 0 Å². The van der Waals surface area contributed by atoms with Gasteiger partial charge >= 0.3 is 0 Å². The first-order valence-electron chi connectivity index (χ1n) is 8.68. The van der Waals surface area contributed by atoms with Crippen molar-refractivity contribution >= 4 is 5.78 Å². The van der Waals surface area contributed by atoms with Crippen LogP contribution < -0.4 is 0 Å². The summed E-state index contributed by atoms with van der Waals surface area (Å²) in [4.78, 5) is 12.1. The van der Waals surface area contributed by atoms with Crippen molar-refractivity contribution in [1.29, 1.82) is 0 Å². The Hall–Kier alpha value is -0.266. The second kappa shape index (κ2) is 10.6. The largest absolute Gasteiger partial charge is 0.343 e. The summed E-state index contributed by atoms with van der Waals surface area (Å²) < 4.78 is 0. The van der Waals surface area contributed by atoms with Crippen LogP contribution >= 0.6 is 0 Å². The predicted molar refractivity (Wildman–Crippen MR) is 93.8 cm³/mol. The van der Waals surface area contributed by atoms with Gasteiger partial charge in [0.1, 0.15) is 0 Å². The topological polar surface area (TPSA) is 17.1 Å². The van der Waals surface area contributed by atoms with E-state index in [1.807, 2.05) is 6.08 Å². The number of hydrogen-bond acceptors (Lipinski definition) is 1. The van der Waals surface area contributed by atoms with Crippen molar-refractivity contribution in [2.45, 2.75) is 58.8 Å². The zero-order valence-electron chi connectivity index (χ0n) is 14.7. The molecule has 1 aromatic rings. The van der Waals surface area contributed by atoms with Gasteiger partial charge in [-0.15, -0.1) is 0 Å². The number of unbranched alkanes of at least 4 members (excludes halogenated alkanes) is 3. The first kappa shape index (κ1) is 20.8. The molecule has 1 radical (unpaired) electrons. The molecule has 0 aliphatic heterocycles. The Morgan fingerprint density at radius 3 is 2.35 bits per heavy atom. The van der Waals surface area contributed by atoms with Crippen molar-refractivity contribution < 1.29 is 37.5 Å². The van der Waals surface area contributed by atoms with Crippen LogP contribution in [0.4, 0.5) is 0 Å². The quantitative estimate of drug-likeness (QED) is 0.433. The Morgan fingerprint density at radius 1 is 1.00 bits per heavy atom. The average Bonchev–Trinajstić information content (AvgIpc) is 2.81. The van der Waals surface area contributed by atoms with Gasteiger partial charge in [-0.05, 0) is 50.7 Å². The summed E-state index contributed by atoms with van der Waals surface area (Å²) >= 11 is 0. The third kappa shape index (κ3) is 6.63.